The highest BCUT2D eigenvalue weighted by Gasteiger charge is 2.17. The van der Waals surface area contributed by atoms with Gasteiger partial charge in [-0.2, -0.15) is 0 Å². The summed E-state index contributed by atoms with van der Waals surface area (Å²) in [5.41, 5.74) is 0. The predicted octanol–water partition coefficient (Wildman–Crippen LogP) is 0.324. The lowest BCUT2D eigenvalue weighted by molar-refractivity contribution is -0.128. The van der Waals surface area contributed by atoms with E-state index in [2.05, 4.69) is 11.8 Å². The zero-order valence-electron chi connectivity index (χ0n) is 7.84. The Labute approximate surface area is 78.5 Å². The monoisotopic (exact) mass is 187 g/mol. The predicted molar refractivity (Wildman–Crippen MR) is 49.0 cm³/mol. The average molecular weight is 187 g/mol. The van der Waals surface area contributed by atoms with Crippen LogP contribution < -0.4 is 0 Å². The van der Waals surface area contributed by atoms with Crippen molar-refractivity contribution in [3.63, 3.8) is 0 Å². The number of hydrogen-bond acceptors (Lipinski definition) is 2. The van der Waals surface area contributed by atoms with Crippen LogP contribution in [0.2, 0.25) is 0 Å². The zero-order valence-corrected chi connectivity index (χ0v) is 7.84. The summed E-state index contributed by atoms with van der Waals surface area (Å²) in [6, 6.07) is 0. The van der Waals surface area contributed by atoms with Crippen LogP contribution in [0.4, 0.5) is 4.39 Å². The third kappa shape index (κ3) is 3.30. The molecule has 0 N–H and O–H groups in total. The molecule has 1 amide bonds. The Morgan fingerprint density at radius 2 is 1.92 bits per heavy atom. The first-order chi connectivity index (χ1) is 6.24. The van der Waals surface area contributed by atoms with Crippen LogP contribution in [0.1, 0.15) is 6.42 Å². The molecule has 3 nitrogen and oxygen atoms in total. The van der Waals surface area contributed by atoms with E-state index in [9.17, 15) is 9.18 Å². The lowest BCUT2D eigenvalue weighted by Gasteiger charge is -2.33. The Morgan fingerprint density at radius 3 is 2.38 bits per heavy atom. The molecule has 0 unspecified atom stereocenters. The van der Waals surface area contributed by atoms with Gasteiger partial charge in [-0.3, -0.25) is 14.1 Å². The van der Waals surface area contributed by atoms with Gasteiger partial charge >= 0.3 is 0 Å². The average Bonchev–Trinajstić information content (AvgIpc) is 2.15. The lowest BCUT2D eigenvalue weighted by Crippen LogP contribution is -2.48. The summed E-state index contributed by atoms with van der Waals surface area (Å²) in [5.74, 6) is -0.106. The summed E-state index contributed by atoms with van der Waals surface area (Å²) in [5, 5.41) is 0. The fourth-order valence-corrected chi connectivity index (χ4v) is 1.50. The molecule has 1 saturated heterocycles. The van der Waals surface area contributed by atoms with Gasteiger partial charge in [-0.05, 0) is 6.42 Å². The van der Waals surface area contributed by atoms with Crippen LogP contribution in [0.25, 0.3) is 0 Å². The molecule has 0 bridgehead atoms. The van der Waals surface area contributed by atoms with E-state index in [1.165, 1.54) is 0 Å². The van der Waals surface area contributed by atoms with E-state index >= 15 is 0 Å². The van der Waals surface area contributed by atoms with E-state index in [0.717, 1.165) is 32.7 Å². The van der Waals surface area contributed by atoms with Crippen LogP contribution in [-0.4, -0.2) is 55.1 Å². The SMILES string of the molecule is [CH2]C(=O)N1CCN(CCCF)CC1. The highest BCUT2D eigenvalue weighted by molar-refractivity contribution is 5.80. The van der Waals surface area contributed by atoms with Gasteiger partial charge in [0.25, 0.3) is 0 Å². The molecule has 0 aromatic rings. The quantitative estimate of drug-likeness (QED) is 0.635. The molecular formula is C9H16FN2O. The van der Waals surface area contributed by atoms with Crippen LogP contribution in [0.15, 0.2) is 0 Å². The molecule has 1 aliphatic rings. The van der Waals surface area contributed by atoms with E-state index in [1.807, 2.05) is 0 Å². The Balaban J connectivity index is 2.18. The molecule has 0 saturated carbocycles. The minimum atomic E-state index is -0.255. The summed E-state index contributed by atoms with van der Waals surface area (Å²) in [6.45, 7) is 7.06. The molecule has 75 valence electrons. The fourth-order valence-electron chi connectivity index (χ4n) is 1.50. The van der Waals surface area contributed by atoms with Crippen molar-refractivity contribution < 1.29 is 9.18 Å². The zero-order chi connectivity index (χ0) is 9.68. The summed E-state index contributed by atoms with van der Waals surface area (Å²) in [4.78, 5) is 14.8. The van der Waals surface area contributed by atoms with Gasteiger partial charge in [-0.1, -0.05) is 0 Å². The number of halogens is 1. The summed E-state index contributed by atoms with van der Waals surface area (Å²) in [7, 11) is 0. The van der Waals surface area contributed by atoms with Gasteiger partial charge in [0, 0.05) is 39.6 Å². The number of hydrogen-bond donors (Lipinski definition) is 0. The standard InChI is InChI=1S/C9H16FN2O/c1-9(13)12-7-5-11(6-8-12)4-2-3-10/h1-8H2. The van der Waals surface area contributed by atoms with Crippen molar-refractivity contribution in [3.05, 3.63) is 6.92 Å². The molecule has 1 rings (SSSR count). The third-order valence-corrected chi connectivity index (χ3v) is 2.33. The highest BCUT2D eigenvalue weighted by Crippen LogP contribution is 2.02. The molecule has 0 aliphatic carbocycles. The summed E-state index contributed by atoms with van der Waals surface area (Å²) < 4.78 is 11.9. The molecule has 0 atom stereocenters. The van der Waals surface area contributed by atoms with Gasteiger partial charge in [0.05, 0.1) is 6.67 Å². The van der Waals surface area contributed by atoms with Gasteiger partial charge in [0.1, 0.15) is 0 Å². The number of carbonyl (C=O) groups excluding carboxylic acids is 1. The fraction of sp³-hybridized carbons (Fsp3) is 0.778. The molecule has 1 radical (unpaired) electrons. The number of piperazine rings is 1. The maximum atomic E-state index is 11.9. The normalized spacial score (nSPS) is 19.1. The Morgan fingerprint density at radius 1 is 1.31 bits per heavy atom. The summed E-state index contributed by atoms with van der Waals surface area (Å²) >= 11 is 0. The van der Waals surface area contributed by atoms with Gasteiger partial charge in [-0.15, -0.1) is 0 Å². The minimum Gasteiger partial charge on any atom is -0.340 e. The van der Waals surface area contributed by atoms with E-state index < -0.39 is 0 Å². The largest absolute Gasteiger partial charge is 0.340 e. The van der Waals surface area contributed by atoms with Crippen LogP contribution in [0, 0.1) is 6.92 Å². The smallest absolute Gasteiger partial charge is 0.223 e. The Hall–Kier alpha value is -0.640. The topological polar surface area (TPSA) is 23.6 Å². The molecule has 1 fully saturated rings. The van der Waals surface area contributed by atoms with E-state index in [4.69, 9.17) is 0 Å². The number of nitrogens with zero attached hydrogens (tertiary/aromatic N) is 2. The lowest BCUT2D eigenvalue weighted by atomic mass is 10.3. The molecule has 1 heterocycles. The van der Waals surface area contributed by atoms with Crippen molar-refractivity contribution in [1.29, 1.82) is 0 Å². The van der Waals surface area contributed by atoms with Crippen molar-refractivity contribution in [3.8, 4) is 0 Å². The van der Waals surface area contributed by atoms with Crippen molar-refractivity contribution in [2.45, 2.75) is 6.42 Å². The van der Waals surface area contributed by atoms with Gasteiger partial charge in [0.2, 0.25) is 5.91 Å². The number of rotatable bonds is 3. The molecule has 4 heteroatoms. The first-order valence-corrected chi connectivity index (χ1v) is 4.63. The van der Waals surface area contributed by atoms with Crippen molar-refractivity contribution >= 4 is 5.91 Å². The maximum absolute atomic E-state index is 11.9. The van der Waals surface area contributed by atoms with Crippen molar-refractivity contribution in [2.24, 2.45) is 0 Å². The second-order valence-electron chi connectivity index (χ2n) is 3.26. The second-order valence-corrected chi connectivity index (χ2v) is 3.26. The highest BCUT2D eigenvalue weighted by atomic mass is 19.1. The van der Waals surface area contributed by atoms with Gasteiger partial charge in [-0.25, -0.2) is 0 Å². The number of carbonyl (C=O) groups is 1. The minimum absolute atomic E-state index is 0.106. The van der Waals surface area contributed by atoms with Crippen LogP contribution >= 0.6 is 0 Å². The number of alkyl halides is 1. The first kappa shape index (κ1) is 10.4. The third-order valence-electron chi connectivity index (χ3n) is 2.33. The molecule has 0 aromatic heterocycles. The van der Waals surface area contributed by atoms with E-state index in [0.29, 0.717) is 6.42 Å². The molecular weight excluding hydrogens is 171 g/mol. The van der Waals surface area contributed by atoms with E-state index in [1.54, 1.807) is 4.90 Å². The summed E-state index contributed by atoms with van der Waals surface area (Å²) in [6.07, 6.45) is 0.596. The molecule has 13 heavy (non-hydrogen) atoms. The number of amides is 1. The molecule has 1 aliphatic heterocycles. The maximum Gasteiger partial charge on any atom is 0.223 e. The van der Waals surface area contributed by atoms with Crippen LogP contribution in [0.3, 0.4) is 0 Å². The van der Waals surface area contributed by atoms with Gasteiger partial charge < -0.3 is 4.90 Å². The van der Waals surface area contributed by atoms with E-state index in [-0.39, 0.29) is 12.6 Å². The van der Waals surface area contributed by atoms with Crippen LogP contribution in [0.5, 0.6) is 0 Å². The van der Waals surface area contributed by atoms with Crippen LogP contribution in [-0.2, 0) is 4.79 Å². The Kier molecular flexibility index (Phi) is 4.15. The first-order valence-electron chi connectivity index (χ1n) is 4.63. The second kappa shape index (κ2) is 5.17. The Bertz CT molecular complexity index is 167. The molecule has 0 spiro atoms. The van der Waals surface area contributed by atoms with Crippen molar-refractivity contribution in [1.82, 2.24) is 9.80 Å². The van der Waals surface area contributed by atoms with Crippen molar-refractivity contribution in [2.75, 3.05) is 39.4 Å². The molecule has 0 aromatic carbocycles. The van der Waals surface area contributed by atoms with Gasteiger partial charge in [0.15, 0.2) is 0 Å².